The van der Waals surface area contributed by atoms with Crippen molar-refractivity contribution in [3.63, 3.8) is 0 Å². The molecule has 2 amide bonds. The van der Waals surface area contributed by atoms with Crippen LogP contribution in [0.5, 0.6) is 0 Å². The maximum absolute atomic E-state index is 12.7. The Labute approximate surface area is 211 Å². The third-order valence-electron chi connectivity index (χ3n) is 5.28. The number of aliphatic hydroxyl groups excluding tert-OH is 1. The van der Waals surface area contributed by atoms with Crippen molar-refractivity contribution in [3.05, 3.63) is 11.1 Å². The molecule has 0 saturated carbocycles. The molecule has 2 aliphatic heterocycles. The van der Waals surface area contributed by atoms with E-state index in [0.717, 1.165) is 17.6 Å². The molecule has 0 aliphatic carbocycles. The molecule has 4 rings (SSSR count). The summed E-state index contributed by atoms with van der Waals surface area (Å²) in [5.74, 6) is -2.06. The van der Waals surface area contributed by atoms with Gasteiger partial charge in [0.1, 0.15) is 16.8 Å². The molecule has 2 aliphatic rings. The highest BCUT2D eigenvalue weighted by Gasteiger charge is 2.57. The number of nitrogens with zero attached hydrogens (tertiary/aromatic N) is 6. The standard InChI is InChI=1S/C16H20N8O7S4/c1-23-15(19-21-22-23)34-6-16(13(28)29)4-24-11(27)8(12(24)33-5-16)18-10(26)9(25)7-3-32-14(17-7)20-35(2,30)31/h3,8-9,12,25H,4-6H2,1-2H3,(H,17,20)(H,18,26)(H,28,29)/t8?,9?,12-,16?/m1/s1. The lowest BCUT2D eigenvalue weighted by atomic mass is 9.89. The second-order valence-electron chi connectivity index (χ2n) is 7.97. The van der Waals surface area contributed by atoms with Crippen molar-refractivity contribution in [1.29, 1.82) is 0 Å². The molecule has 2 aromatic rings. The van der Waals surface area contributed by atoms with Crippen LogP contribution in [0.25, 0.3) is 0 Å². The highest BCUT2D eigenvalue weighted by atomic mass is 32.2. The second kappa shape index (κ2) is 9.52. The van der Waals surface area contributed by atoms with Crippen molar-refractivity contribution >= 4 is 67.8 Å². The van der Waals surface area contributed by atoms with Crippen LogP contribution in [0.3, 0.4) is 0 Å². The van der Waals surface area contributed by atoms with E-state index in [1.54, 1.807) is 7.05 Å². The predicted molar refractivity (Wildman–Crippen MR) is 125 cm³/mol. The normalized spacial score (nSPS) is 24.9. The van der Waals surface area contributed by atoms with Gasteiger partial charge in [-0.3, -0.25) is 19.1 Å². The van der Waals surface area contributed by atoms with Gasteiger partial charge in [0.15, 0.2) is 11.2 Å². The van der Waals surface area contributed by atoms with Crippen molar-refractivity contribution in [2.24, 2.45) is 12.5 Å². The maximum atomic E-state index is 12.7. The molecule has 0 radical (unpaired) electrons. The Morgan fingerprint density at radius 3 is 2.80 bits per heavy atom. The number of aromatic nitrogens is 5. The number of aliphatic hydroxyl groups is 1. The fourth-order valence-corrected chi connectivity index (χ4v) is 7.73. The molecule has 4 heterocycles. The topological polar surface area (TPSA) is 210 Å². The molecular weight excluding hydrogens is 544 g/mol. The van der Waals surface area contributed by atoms with Gasteiger partial charge in [0, 0.05) is 30.5 Å². The summed E-state index contributed by atoms with van der Waals surface area (Å²) in [5.41, 5.74) is -1.30. The molecule has 4 N–H and O–H groups in total. The number of sulfonamides is 1. The van der Waals surface area contributed by atoms with Gasteiger partial charge in [-0.05, 0) is 10.4 Å². The van der Waals surface area contributed by atoms with E-state index in [-0.39, 0.29) is 28.9 Å². The van der Waals surface area contributed by atoms with Crippen LogP contribution < -0.4 is 10.0 Å². The molecule has 2 aromatic heterocycles. The Morgan fingerprint density at radius 1 is 1.43 bits per heavy atom. The molecule has 19 heteroatoms. The van der Waals surface area contributed by atoms with Crippen molar-refractivity contribution in [1.82, 2.24) is 35.4 Å². The largest absolute Gasteiger partial charge is 0.481 e. The minimum absolute atomic E-state index is 0.0110. The van der Waals surface area contributed by atoms with Gasteiger partial charge < -0.3 is 20.4 Å². The van der Waals surface area contributed by atoms with Gasteiger partial charge in [0.05, 0.1) is 11.9 Å². The molecule has 0 spiro atoms. The summed E-state index contributed by atoms with van der Waals surface area (Å²) < 4.78 is 26.2. The summed E-state index contributed by atoms with van der Waals surface area (Å²) in [5, 5.41) is 35.1. The van der Waals surface area contributed by atoms with Crippen LogP contribution in [0, 0.1) is 5.41 Å². The zero-order valence-electron chi connectivity index (χ0n) is 18.2. The molecule has 0 bridgehead atoms. The highest BCUT2D eigenvalue weighted by Crippen LogP contribution is 2.44. The number of thioether (sulfide) groups is 2. The lowest BCUT2D eigenvalue weighted by Crippen LogP contribution is -2.74. The fourth-order valence-electron chi connectivity index (χ4n) is 3.44. The first-order valence-corrected chi connectivity index (χ1v) is 14.6. The van der Waals surface area contributed by atoms with Crippen LogP contribution in [0.1, 0.15) is 11.8 Å². The first-order chi connectivity index (χ1) is 16.4. The Hall–Kier alpha value is -2.48. The Bertz CT molecular complexity index is 1270. The van der Waals surface area contributed by atoms with Crippen LogP contribution in [0.15, 0.2) is 10.5 Å². The zero-order chi connectivity index (χ0) is 25.5. The summed E-state index contributed by atoms with van der Waals surface area (Å²) in [6, 6.07) is -0.934. The number of carbonyl (C=O) groups is 3. The van der Waals surface area contributed by atoms with E-state index in [1.165, 1.54) is 38.5 Å². The lowest BCUT2D eigenvalue weighted by molar-refractivity contribution is -0.158. The van der Waals surface area contributed by atoms with Crippen LogP contribution in [-0.2, 0) is 31.5 Å². The summed E-state index contributed by atoms with van der Waals surface area (Å²) in [6.07, 6.45) is -0.774. The third-order valence-corrected chi connectivity index (χ3v) is 9.64. The van der Waals surface area contributed by atoms with Crippen molar-refractivity contribution in [3.8, 4) is 0 Å². The van der Waals surface area contributed by atoms with Gasteiger partial charge in [-0.25, -0.2) is 18.1 Å². The Morgan fingerprint density at radius 2 is 2.17 bits per heavy atom. The number of carbonyl (C=O) groups excluding carboxylic acids is 2. The maximum Gasteiger partial charge on any atom is 0.313 e. The molecule has 35 heavy (non-hydrogen) atoms. The Kier molecular flexibility index (Phi) is 6.97. The third kappa shape index (κ3) is 5.22. The van der Waals surface area contributed by atoms with Crippen molar-refractivity contribution in [2.45, 2.75) is 22.7 Å². The van der Waals surface area contributed by atoms with E-state index in [9.17, 15) is 33.0 Å². The number of aliphatic carboxylic acids is 1. The van der Waals surface area contributed by atoms with Gasteiger partial charge in [-0.15, -0.1) is 28.2 Å². The lowest BCUT2D eigenvalue weighted by Gasteiger charge is -2.53. The summed E-state index contributed by atoms with van der Waals surface area (Å²) in [7, 11) is -1.93. The number of anilines is 1. The molecule has 0 aromatic carbocycles. The van der Waals surface area contributed by atoms with Gasteiger partial charge in [0.2, 0.25) is 21.1 Å². The first-order valence-electron chi connectivity index (χ1n) is 9.82. The second-order valence-corrected chi connectivity index (χ2v) is 12.6. The molecular formula is C16H20N8O7S4. The number of β-lactam (4-membered cyclic amide) rings is 1. The fraction of sp³-hybridized carbons (Fsp3) is 0.562. The van der Waals surface area contributed by atoms with Gasteiger partial charge in [-0.1, -0.05) is 11.8 Å². The van der Waals surface area contributed by atoms with Crippen LogP contribution in [-0.4, -0.2) is 102 Å². The number of amides is 2. The smallest absolute Gasteiger partial charge is 0.313 e. The van der Waals surface area contributed by atoms with Gasteiger partial charge in [-0.2, -0.15) is 0 Å². The number of carboxylic acid groups (broad SMARTS) is 1. The number of hydrogen-bond acceptors (Lipinski definition) is 13. The molecule has 190 valence electrons. The highest BCUT2D eigenvalue weighted by molar-refractivity contribution is 8.00. The number of fused-ring (bicyclic) bond motifs is 1. The van der Waals surface area contributed by atoms with Crippen molar-refractivity contribution in [2.75, 3.05) is 29.0 Å². The predicted octanol–water partition coefficient (Wildman–Crippen LogP) is -1.67. The van der Waals surface area contributed by atoms with E-state index in [4.69, 9.17) is 0 Å². The van der Waals surface area contributed by atoms with Crippen LogP contribution in [0.2, 0.25) is 0 Å². The first kappa shape index (κ1) is 25.6. The minimum atomic E-state index is -3.57. The molecule has 15 nitrogen and oxygen atoms in total. The summed E-state index contributed by atoms with van der Waals surface area (Å²) in [4.78, 5) is 42.7. The SMILES string of the molecule is Cn1nnnc1SCC1(C(=O)O)CS[C@@H]2C(NC(=O)C(O)c3csc(NS(C)(=O)=O)n3)C(=O)N2C1. The number of hydrogen-bond donors (Lipinski definition) is 4. The van der Waals surface area contributed by atoms with E-state index in [2.05, 4.69) is 30.5 Å². The average Bonchev–Trinajstić information content (AvgIpc) is 3.42. The van der Waals surface area contributed by atoms with E-state index in [1.807, 2.05) is 0 Å². The number of tetrazole rings is 1. The van der Waals surface area contributed by atoms with Crippen LogP contribution >= 0.6 is 34.9 Å². The number of nitrogens with one attached hydrogen (secondary N) is 2. The monoisotopic (exact) mass is 564 g/mol. The van der Waals surface area contributed by atoms with Crippen LogP contribution in [0.4, 0.5) is 5.13 Å². The molecule has 2 saturated heterocycles. The summed E-state index contributed by atoms with van der Waals surface area (Å²) in [6.45, 7) is -0.0430. The summed E-state index contributed by atoms with van der Waals surface area (Å²) >= 11 is 3.30. The number of carboxylic acids is 1. The van der Waals surface area contributed by atoms with Gasteiger partial charge in [0.25, 0.3) is 5.91 Å². The number of thiazole rings is 1. The molecule has 2 fully saturated rings. The molecule has 3 unspecified atom stereocenters. The minimum Gasteiger partial charge on any atom is -0.481 e. The quantitative estimate of drug-likeness (QED) is 0.199. The number of aryl methyl sites for hydroxylation is 1. The van der Waals surface area contributed by atoms with Gasteiger partial charge >= 0.3 is 5.97 Å². The average molecular weight is 565 g/mol. The zero-order valence-corrected chi connectivity index (χ0v) is 21.4. The van der Waals surface area contributed by atoms with E-state index in [0.29, 0.717) is 5.16 Å². The number of rotatable bonds is 9. The van der Waals surface area contributed by atoms with Crippen molar-refractivity contribution < 1.29 is 33.0 Å². The van der Waals surface area contributed by atoms with E-state index >= 15 is 0 Å². The molecule has 4 atom stereocenters. The van der Waals surface area contributed by atoms with E-state index < -0.39 is 50.7 Å². The Balaban J connectivity index is 1.37.